The molecule has 1 aliphatic heterocycles. The molecule has 20 heavy (non-hydrogen) atoms. The molecule has 0 radical (unpaired) electrons. The summed E-state index contributed by atoms with van der Waals surface area (Å²) in [6, 6.07) is 3.61. The Balaban J connectivity index is 1.58. The molecule has 1 saturated heterocycles. The highest BCUT2D eigenvalue weighted by atomic mass is 16.5. The van der Waals surface area contributed by atoms with Crippen LogP contribution in [-0.2, 0) is 11.2 Å². The van der Waals surface area contributed by atoms with Crippen LogP contribution in [0.15, 0.2) is 16.7 Å². The SMILES string of the molecule is Cc1cc(CC(=O)Nc2cc(N3CCCC3)n[nH]2)on1. The summed E-state index contributed by atoms with van der Waals surface area (Å²) in [5.41, 5.74) is 0.769. The number of hydrogen-bond donors (Lipinski definition) is 2. The molecule has 2 aromatic heterocycles. The topological polar surface area (TPSA) is 87.0 Å². The molecule has 0 aliphatic carbocycles. The van der Waals surface area contributed by atoms with Gasteiger partial charge in [-0.25, -0.2) is 0 Å². The molecule has 0 aromatic carbocycles. The van der Waals surface area contributed by atoms with E-state index in [2.05, 4.69) is 25.6 Å². The van der Waals surface area contributed by atoms with Crippen LogP contribution in [0.1, 0.15) is 24.3 Å². The normalized spacial score (nSPS) is 14.8. The van der Waals surface area contributed by atoms with Crippen molar-refractivity contribution in [3.05, 3.63) is 23.6 Å². The van der Waals surface area contributed by atoms with Crippen molar-refractivity contribution in [3.63, 3.8) is 0 Å². The van der Waals surface area contributed by atoms with Gasteiger partial charge in [0, 0.05) is 25.2 Å². The molecule has 0 unspecified atom stereocenters. The first kappa shape index (κ1) is 12.7. The lowest BCUT2D eigenvalue weighted by molar-refractivity contribution is -0.115. The molecule has 2 aromatic rings. The Morgan fingerprint density at radius 3 is 2.95 bits per heavy atom. The quantitative estimate of drug-likeness (QED) is 0.882. The number of anilines is 2. The van der Waals surface area contributed by atoms with Gasteiger partial charge in [-0.15, -0.1) is 0 Å². The molecule has 1 fully saturated rings. The van der Waals surface area contributed by atoms with Crippen molar-refractivity contribution in [1.29, 1.82) is 0 Å². The van der Waals surface area contributed by atoms with Crippen LogP contribution < -0.4 is 10.2 Å². The second-order valence-electron chi connectivity index (χ2n) is 4.99. The molecule has 1 aliphatic rings. The predicted octanol–water partition coefficient (Wildman–Crippen LogP) is 1.49. The van der Waals surface area contributed by atoms with Gasteiger partial charge in [0.1, 0.15) is 11.6 Å². The summed E-state index contributed by atoms with van der Waals surface area (Å²) in [5, 5.41) is 13.6. The number of aromatic nitrogens is 3. The van der Waals surface area contributed by atoms with Crippen LogP contribution in [-0.4, -0.2) is 34.4 Å². The van der Waals surface area contributed by atoms with E-state index in [1.165, 1.54) is 12.8 Å². The van der Waals surface area contributed by atoms with E-state index in [-0.39, 0.29) is 12.3 Å². The lowest BCUT2D eigenvalue weighted by Crippen LogP contribution is -2.17. The summed E-state index contributed by atoms with van der Waals surface area (Å²) >= 11 is 0. The molecule has 0 atom stereocenters. The third-order valence-corrected chi connectivity index (χ3v) is 3.28. The van der Waals surface area contributed by atoms with Gasteiger partial charge in [-0.05, 0) is 19.8 Å². The predicted molar refractivity (Wildman–Crippen MR) is 73.6 cm³/mol. The van der Waals surface area contributed by atoms with Gasteiger partial charge in [-0.1, -0.05) is 5.16 Å². The van der Waals surface area contributed by atoms with E-state index in [0.717, 1.165) is 24.6 Å². The van der Waals surface area contributed by atoms with E-state index in [1.54, 1.807) is 6.07 Å². The zero-order valence-electron chi connectivity index (χ0n) is 11.3. The van der Waals surface area contributed by atoms with Crippen molar-refractivity contribution in [1.82, 2.24) is 15.4 Å². The molecule has 3 heterocycles. The van der Waals surface area contributed by atoms with Crippen molar-refractivity contribution in [2.75, 3.05) is 23.3 Å². The third-order valence-electron chi connectivity index (χ3n) is 3.28. The fraction of sp³-hybridized carbons (Fsp3) is 0.462. The number of amides is 1. The molecule has 7 heteroatoms. The van der Waals surface area contributed by atoms with Gasteiger partial charge in [0.15, 0.2) is 5.82 Å². The molecule has 0 spiro atoms. The number of H-pyrrole nitrogens is 1. The summed E-state index contributed by atoms with van der Waals surface area (Å²) in [6.45, 7) is 3.87. The number of nitrogens with one attached hydrogen (secondary N) is 2. The largest absolute Gasteiger partial charge is 0.361 e. The molecule has 7 nitrogen and oxygen atoms in total. The zero-order valence-corrected chi connectivity index (χ0v) is 11.3. The Kier molecular flexibility index (Phi) is 3.41. The Labute approximate surface area is 116 Å². The Bertz CT molecular complexity index is 597. The molecule has 2 N–H and O–H groups in total. The summed E-state index contributed by atoms with van der Waals surface area (Å²) in [5.74, 6) is 1.89. The molecular weight excluding hydrogens is 258 g/mol. The highest BCUT2D eigenvalue weighted by molar-refractivity contribution is 5.91. The first-order chi connectivity index (χ1) is 9.70. The van der Waals surface area contributed by atoms with Crippen molar-refractivity contribution < 1.29 is 9.32 Å². The number of carbonyl (C=O) groups is 1. The van der Waals surface area contributed by atoms with E-state index >= 15 is 0 Å². The van der Waals surface area contributed by atoms with E-state index in [0.29, 0.717) is 11.6 Å². The van der Waals surface area contributed by atoms with Gasteiger partial charge in [-0.3, -0.25) is 9.89 Å². The fourth-order valence-corrected chi connectivity index (χ4v) is 2.34. The molecule has 3 rings (SSSR count). The van der Waals surface area contributed by atoms with Crippen molar-refractivity contribution >= 4 is 17.5 Å². The third kappa shape index (κ3) is 2.81. The molecular formula is C13H17N5O2. The Morgan fingerprint density at radius 1 is 1.45 bits per heavy atom. The number of aryl methyl sites for hydroxylation is 1. The number of rotatable bonds is 4. The van der Waals surface area contributed by atoms with Crippen molar-refractivity contribution in [3.8, 4) is 0 Å². The number of nitrogens with zero attached hydrogens (tertiary/aromatic N) is 3. The minimum atomic E-state index is -0.155. The zero-order chi connectivity index (χ0) is 13.9. The highest BCUT2D eigenvalue weighted by Gasteiger charge is 2.16. The van der Waals surface area contributed by atoms with Crippen LogP contribution in [0.4, 0.5) is 11.6 Å². The van der Waals surface area contributed by atoms with E-state index in [1.807, 2.05) is 13.0 Å². The number of aromatic amines is 1. The first-order valence-corrected chi connectivity index (χ1v) is 6.73. The van der Waals surface area contributed by atoms with E-state index in [9.17, 15) is 4.79 Å². The molecule has 1 amide bonds. The lowest BCUT2D eigenvalue weighted by Gasteiger charge is -2.12. The fourth-order valence-electron chi connectivity index (χ4n) is 2.34. The molecule has 106 valence electrons. The van der Waals surface area contributed by atoms with Crippen LogP contribution in [0.2, 0.25) is 0 Å². The van der Waals surface area contributed by atoms with Gasteiger partial charge in [0.2, 0.25) is 5.91 Å². The maximum atomic E-state index is 11.9. The number of hydrogen-bond acceptors (Lipinski definition) is 5. The summed E-state index contributed by atoms with van der Waals surface area (Å²) < 4.78 is 5.01. The Hall–Kier alpha value is -2.31. The van der Waals surface area contributed by atoms with Crippen LogP contribution in [0, 0.1) is 6.92 Å². The van der Waals surface area contributed by atoms with Gasteiger partial charge in [0.25, 0.3) is 0 Å². The summed E-state index contributed by atoms with van der Waals surface area (Å²) in [6.07, 6.45) is 2.55. The maximum Gasteiger partial charge on any atom is 0.233 e. The summed E-state index contributed by atoms with van der Waals surface area (Å²) in [7, 11) is 0. The minimum Gasteiger partial charge on any atom is -0.361 e. The van der Waals surface area contributed by atoms with Gasteiger partial charge >= 0.3 is 0 Å². The highest BCUT2D eigenvalue weighted by Crippen LogP contribution is 2.20. The molecule has 0 saturated carbocycles. The van der Waals surface area contributed by atoms with Crippen LogP contribution in [0.3, 0.4) is 0 Å². The Morgan fingerprint density at radius 2 is 2.25 bits per heavy atom. The monoisotopic (exact) mass is 275 g/mol. The average molecular weight is 275 g/mol. The van der Waals surface area contributed by atoms with Gasteiger partial charge in [0.05, 0.1) is 12.1 Å². The van der Waals surface area contributed by atoms with Gasteiger partial charge < -0.3 is 14.7 Å². The van der Waals surface area contributed by atoms with Crippen molar-refractivity contribution in [2.24, 2.45) is 0 Å². The minimum absolute atomic E-state index is 0.155. The van der Waals surface area contributed by atoms with E-state index < -0.39 is 0 Å². The van der Waals surface area contributed by atoms with E-state index in [4.69, 9.17) is 4.52 Å². The second kappa shape index (κ2) is 5.36. The second-order valence-corrected chi connectivity index (χ2v) is 4.99. The van der Waals surface area contributed by atoms with Crippen molar-refractivity contribution in [2.45, 2.75) is 26.2 Å². The summed E-state index contributed by atoms with van der Waals surface area (Å²) in [4.78, 5) is 14.1. The van der Waals surface area contributed by atoms with Crippen LogP contribution in [0.25, 0.3) is 0 Å². The van der Waals surface area contributed by atoms with Crippen LogP contribution in [0.5, 0.6) is 0 Å². The molecule has 0 bridgehead atoms. The smallest absolute Gasteiger partial charge is 0.233 e. The first-order valence-electron chi connectivity index (χ1n) is 6.73. The maximum absolute atomic E-state index is 11.9. The standard InChI is InChI=1S/C13H17N5O2/c1-9-6-10(20-17-9)7-13(19)14-11-8-12(16-15-11)18-4-2-3-5-18/h6,8H,2-5,7H2,1H3,(H2,14,15,16,19). The number of carbonyl (C=O) groups excluding carboxylic acids is 1. The average Bonchev–Trinajstić information content (AvgIpc) is 3.10. The van der Waals surface area contributed by atoms with Crippen LogP contribution >= 0.6 is 0 Å². The lowest BCUT2D eigenvalue weighted by atomic mass is 10.3. The van der Waals surface area contributed by atoms with Gasteiger partial charge in [-0.2, -0.15) is 5.10 Å².